The van der Waals surface area contributed by atoms with Crippen LogP contribution in [0.3, 0.4) is 0 Å². The molecule has 1 aromatic rings. The van der Waals surface area contributed by atoms with Gasteiger partial charge < -0.3 is 10.1 Å². The summed E-state index contributed by atoms with van der Waals surface area (Å²) in [6, 6.07) is 9.12. The second-order valence-electron chi connectivity index (χ2n) is 4.99. The fourth-order valence-corrected chi connectivity index (χ4v) is 2.02. The summed E-state index contributed by atoms with van der Waals surface area (Å²) in [6.07, 6.45) is 0.218. The predicted molar refractivity (Wildman–Crippen MR) is 66.5 cm³/mol. The minimum atomic E-state index is 0.218. The van der Waals surface area contributed by atoms with Crippen molar-refractivity contribution in [3.8, 4) is 0 Å². The molecule has 0 saturated carbocycles. The third-order valence-corrected chi connectivity index (χ3v) is 3.30. The Morgan fingerprint density at radius 2 is 1.94 bits per heavy atom. The Morgan fingerprint density at radius 1 is 1.25 bits per heavy atom. The largest absolute Gasteiger partial charge is 0.371 e. The Hall–Kier alpha value is -0.860. The maximum atomic E-state index is 5.92. The van der Waals surface area contributed by atoms with Gasteiger partial charge in [-0.05, 0) is 18.4 Å². The third kappa shape index (κ3) is 2.63. The molecule has 1 fully saturated rings. The van der Waals surface area contributed by atoms with E-state index in [1.54, 1.807) is 0 Å². The van der Waals surface area contributed by atoms with Crippen LogP contribution in [0.25, 0.3) is 0 Å². The van der Waals surface area contributed by atoms with E-state index < -0.39 is 0 Å². The molecule has 0 bridgehead atoms. The number of ether oxygens (including phenoxy) is 1. The van der Waals surface area contributed by atoms with Crippen molar-refractivity contribution in [3.63, 3.8) is 0 Å². The summed E-state index contributed by atoms with van der Waals surface area (Å²) >= 11 is 0. The molecule has 1 N–H and O–H groups in total. The van der Waals surface area contributed by atoms with Crippen molar-refractivity contribution in [3.05, 3.63) is 35.4 Å². The van der Waals surface area contributed by atoms with Gasteiger partial charge in [0.05, 0.1) is 12.7 Å². The molecular weight excluding hydrogens is 198 g/mol. The van der Waals surface area contributed by atoms with Gasteiger partial charge in [0.1, 0.15) is 0 Å². The van der Waals surface area contributed by atoms with E-state index in [9.17, 15) is 0 Å². The molecule has 1 heterocycles. The minimum Gasteiger partial charge on any atom is -0.371 e. The van der Waals surface area contributed by atoms with E-state index in [1.807, 2.05) is 0 Å². The zero-order valence-corrected chi connectivity index (χ0v) is 10.4. The Balaban J connectivity index is 1.96. The fourth-order valence-electron chi connectivity index (χ4n) is 2.02. The summed E-state index contributed by atoms with van der Waals surface area (Å²) < 4.78 is 5.92. The summed E-state index contributed by atoms with van der Waals surface area (Å²) in [5.74, 6) is 0.638. The highest BCUT2D eigenvalue weighted by atomic mass is 16.5. The normalized spacial score (nSPS) is 26.0. The van der Waals surface area contributed by atoms with E-state index in [1.165, 1.54) is 11.1 Å². The molecule has 1 saturated heterocycles. The van der Waals surface area contributed by atoms with Gasteiger partial charge in [-0.25, -0.2) is 0 Å². The van der Waals surface area contributed by atoms with Gasteiger partial charge in [-0.15, -0.1) is 0 Å². The molecule has 1 aromatic carbocycles. The van der Waals surface area contributed by atoms with Crippen LogP contribution in [0.2, 0.25) is 0 Å². The number of nitrogens with one attached hydrogen (secondary N) is 1. The van der Waals surface area contributed by atoms with Gasteiger partial charge in [-0.3, -0.25) is 0 Å². The van der Waals surface area contributed by atoms with Crippen LogP contribution in [0.1, 0.15) is 31.1 Å². The van der Waals surface area contributed by atoms with E-state index in [2.05, 4.69) is 50.4 Å². The van der Waals surface area contributed by atoms with Crippen LogP contribution in [0.4, 0.5) is 0 Å². The Labute approximate surface area is 98.0 Å². The van der Waals surface area contributed by atoms with Crippen molar-refractivity contribution >= 4 is 0 Å². The number of hydrogen-bond acceptors (Lipinski definition) is 2. The van der Waals surface area contributed by atoms with Crippen molar-refractivity contribution < 1.29 is 4.74 Å². The number of aryl methyl sites for hydroxylation is 1. The van der Waals surface area contributed by atoms with Crippen molar-refractivity contribution in [2.24, 2.45) is 5.92 Å². The summed E-state index contributed by atoms with van der Waals surface area (Å²) in [7, 11) is 0. The van der Waals surface area contributed by atoms with Crippen LogP contribution >= 0.6 is 0 Å². The van der Waals surface area contributed by atoms with Gasteiger partial charge in [0.2, 0.25) is 0 Å². The number of benzene rings is 1. The average Bonchev–Trinajstić information content (AvgIpc) is 2.30. The molecule has 2 heteroatoms. The SMILES string of the molecule is Cc1ccc(C2CNC(C(C)C)CO2)cc1. The molecule has 1 aliphatic rings. The average molecular weight is 219 g/mol. The number of rotatable bonds is 2. The van der Waals surface area contributed by atoms with Crippen LogP contribution < -0.4 is 5.32 Å². The maximum absolute atomic E-state index is 5.92. The lowest BCUT2D eigenvalue weighted by Crippen LogP contribution is -2.45. The highest BCUT2D eigenvalue weighted by Gasteiger charge is 2.23. The zero-order valence-electron chi connectivity index (χ0n) is 10.4. The van der Waals surface area contributed by atoms with E-state index in [-0.39, 0.29) is 6.10 Å². The van der Waals surface area contributed by atoms with Crippen molar-refractivity contribution in [1.82, 2.24) is 5.32 Å². The van der Waals surface area contributed by atoms with E-state index in [4.69, 9.17) is 4.74 Å². The second kappa shape index (κ2) is 4.98. The molecule has 2 nitrogen and oxygen atoms in total. The van der Waals surface area contributed by atoms with Gasteiger partial charge >= 0.3 is 0 Å². The minimum absolute atomic E-state index is 0.218. The maximum Gasteiger partial charge on any atom is 0.0950 e. The zero-order chi connectivity index (χ0) is 11.5. The summed E-state index contributed by atoms with van der Waals surface area (Å²) in [5, 5.41) is 3.56. The Morgan fingerprint density at radius 3 is 2.44 bits per heavy atom. The summed E-state index contributed by atoms with van der Waals surface area (Å²) in [6.45, 7) is 8.31. The highest BCUT2D eigenvalue weighted by molar-refractivity contribution is 5.23. The van der Waals surface area contributed by atoms with E-state index >= 15 is 0 Å². The first kappa shape index (κ1) is 11.6. The quantitative estimate of drug-likeness (QED) is 0.825. The van der Waals surface area contributed by atoms with Gasteiger partial charge in [0, 0.05) is 12.6 Å². The topological polar surface area (TPSA) is 21.3 Å². The van der Waals surface area contributed by atoms with Crippen molar-refractivity contribution in [1.29, 1.82) is 0 Å². The van der Waals surface area contributed by atoms with Gasteiger partial charge in [0.25, 0.3) is 0 Å². The predicted octanol–water partition coefficient (Wildman–Crippen LogP) is 2.68. The first-order valence-electron chi connectivity index (χ1n) is 6.08. The molecular formula is C14H21NO. The lowest BCUT2D eigenvalue weighted by molar-refractivity contribution is -0.00711. The number of morpholine rings is 1. The van der Waals surface area contributed by atoms with Crippen LogP contribution in [0.15, 0.2) is 24.3 Å². The molecule has 0 spiro atoms. The molecule has 16 heavy (non-hydrogen) atoms. The molecule has 0 aromatic heterocycles. The third-order valence-electron chi connectivity index (χ3n) is 3.30. The first-order valence-corrected chi connectivity index (χ1v) is 6.08. The van der Waals surface area contributed by atoms with Crippen LogP contribution in [0, 0.1) is 12.8 Å². The van der Waals surface area contributed by atoms with E-state index in [0.717, 1.165) is 13.2 Å². The molecule has 2 unspecified atom stereocenters. The van der Waals surface area contributed by atoms with E-state index in [0.29, 0.717) is 12.0 Å². The lowest BCUT2D eigenvalue weighted by atomic mass is 10.0. The van der Waals surface area contributed by atoms with Crippen molar-refractivity contribution in [2.75, 3.05) is 13.2 Å². The molecule has 2 rings (SSSR count). The molecule has 0 aliphatic carbocycles. The summed E-state index contributed by atoms with van der Waals surface area (Å²) in [5.41, 5.74) is 2.58. The highest BCUT2D eigenvalue weighted by Crippen LogP contribution is 2.22. The van der Waals surface area contributed by atoms with Gasteiger partial charge in [0.15, 0.2) is 0 Å². The smallest absolute Gasteiger partial charge is 0.0950 e. The molecule has 1 aliphatic heterocycles. The van der Waals surface area contributed by atoms with Gasteiger partial charge in [-0.1, -0.05) is 43.7 Å². The van der Waals surface area contributed by atoms with Crippen LogP contribution in [-0.4, -0.2) is 19.2 Å². The first-order chi connectivity index (χ1) is 7.66. The molecule has 2 atom stereocenters. The van der Waals surface area contributed by atoms with Gasteiger partial charge in [-0.2, -0.15) is 0 Å². The fraction of sp³-hybridized carbons (Fsp3) is 0.571. The van der Waals surface area contributed by atoms with Crippen LogP contribution in [-0.2, 0) is 4.74 Å². The second-order valence-corrected chi connectivity index (χ2v) is 4.99. The number of hydrogen-bond donors (Lipinski definition) is 1. The van der Waals surface area contributed by atoms with Crippen LogP contribution in [0.5, 0.6) is 0 Å². The lowest BCUT2D eigenvalue weighted by Gasteiger charge is -2.32. The Kier molecular flexibility index (Phi) is 3.62. The molecule has 0 radical (unpaired) electrons. The Bertz CT molecular complexity index is 323. The van der Waals surface area contributed by atoms with Crippen molar-refractivity contribution in [2.45, 2.75) is 32.9 Å². The summed E-state index contributed by atoms with van der Waals surface area (Å²) in [4.78, 5) is 0. The molecule has 0 amide bonds. The molecule has 88 valence electrons. The standard InChI is InChI=1S/C14H21NO/c1-10(2)13-9-16-14(8-15-13)12-6-4-11(3)5-7-12/h4-7,10,13-15H,8-9H2,1-3H3. The monoisotopic (exact) mass is 219 g/mol.